The summed E-state index contributed by atoms with van der Waals surface area (Å²) in [6.07, 6.45) is -3.48. The molecule has 1 aliphatic heterocycles. The van der Waals surface area contributed by atoms with E-state index in [0.29, 0.717) is 30.1 Å². The summed E-state index contributed by atoms with van der Waals surface area (Å²) in [7, 11) is 0. The average molecular weight is 397 g/mol. The van der Waals surface area contributed by atoms with Gasteiger partial charge in [0.15, 0.2) is 0 Å². The van der Waals surface area contributed by atoms with Crippen molar-refractivity contribution in [2.24, 2.45) is 0 Å². The molecule has 142 valence electrons. The maximum Gasteiger partial charge on any atom is 0.416 e. The van der Waals surface area contributed by atoms with Crippen LogP contribution in [0.2, 0.25) is 5.02 Å². The summed E-state index contributed by atoms with van der Waals surface area (Å²) in [5.41, 5.74) is -0.613. The van der Waals surface area contributed by atoms with Gasteiger partial charge in [-0.05, 0) is 42.8 Å². The third-order valence-electron chi connectivity index (χ3n) is 4.29. The normalized spacial score (nSPS) is 14.5. The molecular weight excluding hydrogens is 381 g/mol. The van der Waals surface area contributed by atoms with E-state index in [2.05, 4.69) is 0 Å². The van der Waals surface area contributed by atoms with Crippen molar-refractivity contribution in [3.8, 4) is 0 Å². The van der Waals surface area contributed by atoms with Crippen LogP contribution >= 0.6 is 11.6 Å². The Kier molecular flexibility index (Phi) is 5.41. The van der Waals surface area contributed by atoms with Crippen molar-refractivity contribution in [1.29, 1.82) is 0 Å². The molecule has 1 fully saturated rings. The second-order valence-corrected chi connectivity index (χ2v) is 6.63. The summed E-state index contributed by atoms with van der Waals surface area (Å²) in [5.74, 6) is -0.734. The molecule has 0 aliphatic carbocycles. The second-order valence-electron chi connectivity index (χ2n) is 6.19. The van der Waals surface area contributed by atoms with E-state index in [1.807, 2.05) is 0 Å². The number of carbonyl (C=O) groups is 2. The molecule has 0 aromatic heterocycles. The highest BCUT2D eigenvalue weighted by atomic mass is 35.5. The highest BCUT2D eigenvalue weighted by Gasteiger charge is 2.32. The first-order valence-corrected chi connectivity index (χ1v) is 8.66. The minimum absolute atomic E-state index is 0.0474. The van der Waals surface area contributed by atoms with Crippen LogP contribution in [-0.2, 0) is 11.0 Å². The first-order valence-electron chi connectivity index (χ1n) is 8.28. The van der Waals surface area contributed by atoms with Crippen molar-refractivity contribution < 1.29 is 22.8 Å². The lowest BCUT2D eigenvalue weighted by atomic mass is 10.1. The molecule has 2 aromatic carbocycles. The molecule has 0 radical (unpaired) electrons. The van der Waals surface area contributed by atoms with E-state index in [-0.39, 0.29) is 18.1 Å². The van der Waals surface area contributed by atoms with Crippen LogP contribution in [0, 0.1) is 0 Å². The minimum atomic E-state index is -4.55. The summed E-state index contributed by atoms with van der Waals surface area (Å²) >= 11 is 6.00. The van der Waals surface area contributed by atoms with Crippen LogP contribution in [0.3, 0.4) is 0 Å². The molecule has 8 heteroatoms. The van der Waals surface area contributed by atoms with Gasteiger partial charge in [0, 0.05) is 29.2 Å². The molecule has 0 spiro atoms. The number of rotatable bonds is 4. The van der Waals surface area contributed by atoms with Crippen LogP contribution in [0.15, 0.2) is 48.5 Å². The molecule has 3 rings (SSSR count). The third-order valence-corrected chi connectivity index (χ3v) is 4.52. The number of carbonyl (C=O) groups excluding carboxylic acids is 2. The summed E-state index contributed by atoms with van der Waals surface area (Å²) in [4.78, 5) is 27.7. The lowest BCUT2D eigenvalue weighted by Crippen LogP contribution is -2.42. The van der Waals surface area contributed by atoms with E-state index in [1.165, 1.54) is 28.0 Å². The number of amides is 2. The van der Waals surface area contributed by atoms with Crippen LogP contribution in [0.4, 0.5) is 18.9 Å². The molecule has 0 N–H and O–H groups in total. The van der Waals surface area contributed by atoms with Gasteiger partial charge in [-0.15, -0.1) is 0 Å². The Labute approximate surface area is 159 Å². The summed E-state index contributed by atoms with van der Waals surface area (Å²) in [6.45, 7) is 0.444. The van der Waals surface area contributed by atoms with E-state index >= 15 is 0 Å². The molecule has 1 aliphatic rings. The van der Waals surface area contributed by atoms with Gasteiger partial charge in [0.1, 0.15) is 6.67 Å². The van der Waals surface area contributed by atoms with Crippen LogP contribution in [-0.4, -0.2) is 29.9 Å². The number of alkyl halides is 3. The van der Waals surface area contributed by atoms with Gasteiger partial charge in [0.05, 0.1) is 5.56 Å². The maximum atomic E-state index is 13.0. The molecule has 0 saturated carbocycles. The van der Waals surface area contributed by atoms with E-state index in [4.69, 9.17) is 11.6 Å². The van der Waals surface area contributed by atoms with Gasteiger partial charge in [0.25, 0.3) is 5.91 Å². The van der Waals surface area contributed by atoms with Gasteiger partial charge in [-0.3, -0.25) is 14.5 Å². The molecular formula is C19H16ClF3N2O2. The van der Waals surface area contributed by atoms with Gasteiger partial charge in [-0.2, -0.15) is 13.2 Å². The van der Waals surface area contributed by atoms with Crippen molar-refractivity contribution in [3.63, 3.8) is 0 Å². The fourth-order valence-corrected chi connectivity index (χ4v) is 3.10. The fraction of sp³-hybridized carbons (Fsp3) is 0.263. The van der Waals surface area contributed by atoms with E-state index in [1.54, 1.807) is 18.2 Å². The predicted molar refractivity (Wildman–Crippen MR) is 95.5 cm³/mol. The van der Waals surface area contributed by atoms with E-state index in [9.17, 15) is 22.8 Å². The Morgan fingerprint density at radius 3 is 2.52 bits per heavy atom. The summed E-state index contributed by atoms with van der Waals surface area (Å²) < 4.78 is 39.0. The minimum Gasteiger partial charge on any atom is -0.324 e. The van der Waals surface area contributed by atoms with Crippen molar-refractivity contribution in [2.75, 3.05) is 18.1 Å². The van der Waals surface area contributed by atoms with Gasteiger partial charge >= 0.3 is 6.18 Å². The quantitative estimate of drug-likeness (QED) is 0.758. The molecule has 2 amide bonds. The third kappa shape index (κ3) is 4.42. The number of hydrogen-bond acceptors (Lipinski definition) is 2. The lowest BCUT2D eigenvalue weighted by Gasteiger charge is -2.28. The zero-order valence-corrected chi connectivity index (χ0v) is 14.9. The Hall–Kier alpha value is -2.54. The van der Waals surface area contributed by atoms with Crippen LogP contribution < -0.4 is 4.90 Å². The largest absolute Gasteiger partial charge is 0.416 e. The highest BCUT2D eigenvalue weighted by molar-refractivity contribution is 6.31. The standard InChI is InChI=1S/C19H16ClF3N2O2/c20-15-6-2-7-16(11-15)25(12-24-9-3-8-17(24)26)18(27)13-4-1-5-14(10-13)19(21,22)23/h1-2,4-7,10-11H,3,8-9,12H2. The zero-order chi connectivity index (χ0) is 19.6. The second kappa shape index (κ2) is 7.60. The Balaban J connectivity index is 1.97. The first-order chi connectivity index (χ1) is 12.8. The van der Waals surface area contributed by atoms with Crippen LogP contribution in [0.1, 0.15) is 28.8 Å². The number of anilines is 1. The fourth-order valence-electron chi connectivity index (χ4n) is 2.92. The SMILES string of the molecule is O=C1CCCN1CN(C(=O)c1cccc(C(F)(F)F)c1)c1cccc(Cl)c1. The molecule has 1 saturated heterocycles. The van der Waals surface area contributed by atoms with Gasteiger partial charge in [-0.1, -0.05) is 23.7 Å². The van der Waals surface area contributed by atoms with Crippen molar-refractivity contribution >= 4 is 29.1 Å². The highest BCUT2D eigenvalue weighted by Crippen LogP contribution is 2.30. The molecule has 0 unspecified atom stereocenters. The van der Waals surface area contributed by atoms with Gasteiger partial charge < -0.3 is 4.90 Å². The number of likely N-dealkylation sites (tertiary alicyclic amines) is 1. The van der Waals surface area contributed by atoms with Crippen molar-refractivity contribution in [3.05, 3.63) is 64.7 Å². The summed E-state index contributed by atoms with van der Waals surface area (Å²) in [6, 6.07) is 10.6. The van der Waals surface area contributed by atoms with E-state index < -0.39 is 17.6 Å². The average Bonchev–Trinajstić information content (AvgIpc) is 3.03. The zero-order valence-electron chi connectivity index (χ0n) is 14.2. The van der Waals surface area contributed by atoms with E-state index in [0.717, 1.165) is 12.1 Å². The monoisotopic (exact) mass is 396 g/mol. The maximum absolute atomic E-state index is 13.0. The number of nitrogens with zero attached hydrogens (tertiary/aromatic N) is 2. The Morgan fingerprint density at radius 1 is 1.15 bits per heavy atom. The lowest BCUT2D eigenvalue weighted by molar-refractivity contribution is -0.137. The molecule has 2 aromatic rings. The topological polar surface area (TPSA) is 40.6 Å². The molecule has 27 heavy (non-hydrogen) atoms. The molecule has 0 bridgehead atoms. The Bertz CT molecular complexity index is 870. The number of benzene rings is 2. The van der Waals surface area contributed by atoms with Crippen molar-refractivity contribution in [2.45, 2.75) is 19.0 Å². The Morgan fingerprint density at radius 2 is 1.89 bits per heavy atom. The van der Waals surface area contributed by atoms with Gasteiger partial charge in [-0.25, -0.2) is 0 Å². The molecule has 4 nitrogen and oxygen atoms in total. The summed E-state index contributed by atoms with van der Waals surface area (Å²) in [5, 5.41) is 0.377. The van der Waals surface area contributed by atoms with Gasteiger partial charge in [0.2, 0.25) is 5.91 Å². The smallest absolute Gasteiger partial charge is 0.324 e. The van der Waals surface area contributed by atoms with Crippen molar-refractivity contribution in [1.82, 2.24) is 4.90 Å². The first kappa shape index (κ1) is 19.2. The number of halogens is 4. The van der Waals surface area contributed by atoms with Crippen LogP contribution in [0.5, 0.6) is 0 Å². The molecule has 1 heterocycles. The number of hydrogen-bond donors (Lipinski definition) is 0. The predicted octanol–water partition coefficient (Wildman–Crippen LogP) is 4.59. The molecule has 0 atom stereocenters. The van der Waals surface area contributed by atoms with Crippen LogP contribution in [0.25, 0.3) is 0 Å².